The Labute approximate surface area is 103 Å². The summed E-state index contributed by atoms with van der Waals surface area (Å²) in [6.45, 7) is 0.254. The first-order valence-corrected chi connectivity index (χ1v) is 5.10. The van der Waals surface area contributed by atoms with Crippen LogP contribution in [0.15, 0.2) is 6.20 Å². The van der Waals surface area contributed by atoms with Gasteiger partial charge in [-0.2, -0.15) is 4.98 Å². The van der Waals surface area contributed by atoms with Gasteiger partial charge in [-0.1, -0.05) is 0 Å². The Kier molecular flexibility index (Phi) is 4.75. The Balaban J connectivity index is 2.93. The van der Waals surface area contributed by atoms with E-state index in [0.29, 0.717) is 0 Å². The number of anilines is 2. The molecule has 100 valence electrons. The van der Waals surface area contributed by atoms with Gasteiger partial charge in [-0.25, -0.2) is 4.98 Å². The molecule has 0 amide bonds. The van der Waals surface area contributed by atoms with Crippen LogP contribution in [0.2, 0.25) is 0 Å². The number of ether oxygens (including phenoxy) is 1. The first-order valence-electron chi connectivity index (χ1n) is 5.10. The van der Waals surface area contributed by atoms with Gasteiger partial charge in [-0.15, -0.1) is 0 Å². The molecule has 0 bridgehead atoms. The van der Waals surface area contributed by atoms with Crippen LogP contribution in [-0.2, 0) is 4.74 Å². The second-order valence-corrected chi connectivity index (χ2v) is 3.68. The van der Waals surface area contributed by atoms with Gasteiger partial charge in [-0.05, 0) is 0 Å². The van der Waals surface area contributed by atoms with Gasteiger partial charge in [0.25, 0.3) is 0 Å². The molecule has 1 unspecified atom stereocenters. The molecule has 1 aromatic heterocycles. The maximum Gasteiger partial charge on any atom is 0.329 e. The minimum absolute atomic E-state index is 0.0580. The lowest BCUT2D eigenvalue weighted by Gasteiger charge is -2.20. The van der Waals surface area contributed by atoms with Crippen molar-refractivity contribution in [1.82, 2.24) is 9.97 Å². The molecule has 18 heavy (non-hydrogen) atoms. The fourth-order valence-electron chi connectivity index (χ4n) is 1.44. The number of hydrogen-bond acceptors (Lipinski definition) is 8. The van der Waals surface area contributed by atoms with Gasteiger partial charge in [0.1, 0.15) is 6.20 Å². The SMILES string of the molecule is COCC(O)CN(C)c1nc(N)ncc1[N+](=O)[O-]. The molecule has 0 aliphatic rings. The third kappa shape index (κ3) is 3.50. The maximum absolute atomic E-state index is 10.8. The molecule has 0 saturated heterocycles. The van der Waals surface area contributed by atoms with Crippen molar-refractivity contribution in [2.24, 2.45) is 0 Å². The standard InChI is InChI=1S/C9H15N5O4/c1-13(4-6(15)5-18-2)8-7(14(16)17)3-11-9(10)12-8/h3,6,15H,4-5H2,1-2H3,(H2,10,11,12). The van der Waals surface area contributed by atoms with E-state index >= 15 is 0 Å². The Bertz CT molecular complexity index is 427. The minimum Gasteiger partial charge on any atom is -0.389 e. The minimum atomic E-state index is -0.782. The summed E-state index contributed by atoms with van der Waals surface area (Å²) < 4.78 is 4.77. The van der Waals surface area contributed by atoms with Crippen LogP contribution in [0.25, 0.3) is 0 Å². The van der Waals surface area contributed by atoms with Crippen LogP contribution in [0.4, 0.5) is 17.5 Å². The zero-order valence-electron chi connectivity index (χ0n) is 10.1. The summed E-state index contributed by atoms with van der Waals surface area (Å²) in [5.74, 6) is -0.00802. The van der Waals surface area contributed by atoms with Gasteiger partial charge in [0.2, 0.25) is 11.8 Å². The number of rotatable bonds is 6. The lowest BCUT2D eigenvalue weighted by atomic mass is 10.3. The maximum atomic E-state index is 10.8. The van der Waals surface area contributed by atoms with Crippen molar-refractivity contribution in [2.75, 3.05) is 37.9 Å². The molecule has 0 aromatic carbocycles. The monoisotopic (exact) mass is 257 g/mol. The normalized spacial score (nSPS) is 12.2. The summed E-state index contributed by atoms with van der Waals surface area (Å²) in [5, 5.41) is 20.4. The zero-order chi connectivity index (χ0) is 13.7. The van der Waals surface area contributed by atoms with Crippen molar-refractivity contribution in [1.29, 1.82) is 0 Å². The van der Waals surface area contributed by atoms with E-state index in [1.807, 2.05) is 0 Å². The van der Waals surface area contributed by atoms with E-state index in [9.17, 15) is 15.2 Å². The van der Waals surface area contributed by atoms with E-state index < -0.39 is 11.0 Å². The van der Waals surface area contributed by atoms with E-state index in [4.69, 9.17) is 10.5 Å². The highest BCUT2D eigenvalue weighted by Gasteiger charge is 2.21. The number of nitrogens with zero attached hydrogens (tertiary/aromatic N) is 4. The summed E-state index contributed by atoms with van der Waals surface area (Å²) in [4.78, 5) is 19.0. The molecule has 3 N–H and O–H groups in total. The molecule has 0 aliphatic heterocycles. The Morgan fingerprint density at radius 3 is 2.94 bits per heavy atom. The highest BCUT2D eigenvalue weighted by atomic mass is 16.6. The van der Waals surface area contributed by atoms with Gasteiger partial charge in [0.15, 0.2) is 0 Å². The summed E-state index contributed by atoms with van der Waals surface area (Å²) in [6, 6.07) is 0. The second-order valence-electron chi connectivity index (χ2n) is 3.68. The molecular weight excluding hydrogens is 242 g/mol. The lowest BCUT2D eigenvalue weighted by molar-refractivity contribution is -0.384. The van der Waals surface area contributed by atoms with Gasteiger partial charge in [0.05, 0.1) is 17.6 Å². The topological polar surface area (TPSA) is 128 Å². The molecule has 0 spiro atoms. The Hall–Kier alpha value is -2.00. The fraction of sp³-hybridized carbons (Fsp3) is 0.556. The van der Waals surface area contributed by atoms with Gasteiger partial charge in [0, 0.05) is 20.7 Å². The first-order chi connectivity index (χ1) is 8.45. The quantitative estimate of drug-likeness (QED) is 0.511. The van der Waals surface area contributed by atoms with Crippen LogP contribution in [0, 0.1) is 10.1 Å². The van der Waals surface area contributed by atoms with Gasteiger partial charge >= 0.3 is 5.69 Å². The number of aromatic nitrogens is 2. The number of aliphatic hydroxyl groups is 1. The van der Waals surface area contributed by atoms with Gasteiger partial charge in [-0.3, -0.25) is 10.1 Å². The van der Waals surface area contributed by atoms with Crippen LogP contribution >= 0.6 is 0 Å². The molecular formula is C9H15N5O4. The molecule has 0 aliphatic carbocycles. The molecule has 0 fully saturated rings. The number of aliphatic hydroxyl groups excluding tert-OH is 1. The average Bonchev–Trinajstić information content (AvgIpc) is 2.28. The van der Waals surface area contributed by atoms with Crippen molar-refractivity contribution in [2.45, 2.75) is 6.10 Å². The number of hydrogen-bond donors (Lipinski definition) is 2. The molecule has 1 heterocycles. The molecule has 0 radical (unpaired) electrons. The van der Waals surface area contributed by atoms with E-state index in [2.05, 4.69) is 9.97 Å². The van der Waals surface area contributed by atoms with Crippen LogP contribution in [0.3, 0.4) is 0 Å². The summed E-state index contributed by atoms with van der Waals surface area (Å²) >= 11 is 0. The molecule has 9 nitrogen and oxygen atoms in total. The number of nitro groups is 1. The summed E-state index contributed by atoms with van der Waals surface area (Å²) in [6.07, 6.45) is 0.257. The van der Waals surface area contributed by atoms with Crippen LogP contribution in [0.1, 0.15) is 0 Å². The van der Waals surface area contributed by atoms with E-state index in [-0.39, 0.29) is 30.6 Å². The lowest BCUT2D eigenvalue weighted by Crippen LogP contribution is -2.33. The number of nitrogen functional groups attached to an aromatic ring is 1. The van der Waals surface area contributed by atoms with E-state index in [1.165, 1.54) is 12.0 Å². The van der Waals surface area contributed by atoms with E-state index in [1.54, 1.807) is 7.05 Å². The highest BCUT2D eigenvalue weighted by Crippen LogP contribution is 2.24. The highest BCUT2D eigenvalue weighted by molar-refractivity contribution is 5.57. The van der Waals surface area contributed by atoms with Crippen molar-refractivity contribution >= 4 is 17.5 Å². The smallest absolute Gasteiger partial charge is 0.329 e. The van der Waals surface area contributed by atoms with Crippen LogP contribution < -0.4 is 10.6 Å². The molecule has 0 saturated carbocycles. The number of methoxy groups -OCH3 is 1. The van der Waals surface area contributed by atoms with Crippen molar-refractivity contribution in [3.8, 4) is 0 Å². The Morgan fingerprint density at radius 1 is 1.72 bits per heavy atom. The van der Waals surface area contributed by atoms with Crippen molar-refractivity contribution < 1.29 is 14.8 Å². The largest absolute Gasteiger partial charge is 0.389 e. The zero-order valence-corrected chi connectivity index (χ0v) is 10.1. The predicted octanol–water partition coefficient (Wildman–Crippen LogP) is -0.589. The average molecular weight is 257 g/mol. The molecule has 9 heteroatoms. The fourth-order valence-corrected chi connectivity index (χ4v) is 1.44. The molecule has 1 rings (SSSR count). The number of likely N-dealkylation sites (N-methyl/N-ethyl adjacent to an activating group) is 1. The molecule has 1 atom stereocenters. The van der Waals surface area contributed by atoms with E-state index in [0.717, 1.165) is 6.20 Å². The van der Waals surface area contributed by atoms with Gasteiger partial charge < -0.3 is 20.5 Å². The third-order valence-corrected chi connectivity index (χ3v) is 2.17. The number of nitrogens with two attached hydrogens (primary N) is 1. The van der Waals surface area contributed by atoms with Crippen molar-refractivity contribution in [3.63, 3.8) is 0 Å². The Morgan fingerprint density at radius 2 is 2.39 bits per heavy atom. The van der Waals surface area contributed by atoms with Crippen LogP contribution in [-0.4, -0.2) is 53.4 Å². The molecule has 1 aromatic rings. The third-order valence-electron chi connectivity index (χ3n) is 2.17. The summed E-state index contributed by atoms with van der Waals surface area (Å²) in [7, 11) is 3.02. The first kappa shape index (κ1) is 14.1. The van der Waals surface area contributed by atoms with Crippen molar-refractivity contribution in [3.05, 3.63) is 16.3 Å². The van der Waals surface area contributed by atoms with Crippen LogP contribution in [0.5, 0.6) is 0 Å². The second kappa shape index (κ2) is 6.07. The predicted molar refractivity (Wildman–Crippen MR) is 64.3 cm³/mol. The summed E-state index contributed by atoms with van der Waals surface area (Å²) in [5.41, 5.74) is 5.13.